The molecule has 2 unspecified atom stereocenters. The van der Waals surface area contributed by atoms with Gasteiger partial charge in [-0.3, -0.25) is 8.42 Å². The Hall–Kier alpha value is 0.840. The third kappa shape index (κ3) is 123. The lowest BCUT2D eigenvalue weighted by molar-refractivity contribution is 0.0593. The zero-order chi connectivity index (χ0) is 57.1. The van der Waals surface area contributed by atoms with Gasteiger partial charge in [0.1, 0.15) is 0 Å². The van der Waals surface area contributed by atoms with E-state index < -0.39 is 21.6 Å². The standard InChI is InChI=1S/C8H19N.C8H18OS.C8H18O.C8H18S.C7H17N.C7H16OS.C7H16O.C7H16S/c1-7(2)5-6-9-8(3)4;1-7(2)5-6-10(9)8(3)4;2*1-7(2)5-6-9-8(3)4;1-6(2)5-8-7(3)4;1-6(2)5-9(8)7(3)4;2*1-6(2)5-8-7(3)4/h7-9H,5-6H2,1-4H3;7-8H,5-6H2,1-4H3;2*7-8H,5-6H2,1-4H3;6-8H,5H2,1-4H3;6-7H,5H2,1-4H3;2*6-7H,5H2,1-4H3. The predicted octanol–water partition coefficient (Wildman–Crippen LogP) is 18.1. The fourth-order valence-electron chi connectivity index (χ4n) is 4.09. The minimum absolute atomic E-state index is 0.326. The molecule has 6 nitrogen and oxygen atoms in total. The van der Waals surface area contributed by atoms with Gasteiger partial charge in [0.2, 0.25) is 0 Å². The minimum Gasteiger partial charge on any atom is -0.379 e. The highest BCUT2D eigenvalue weighted by molar-refractivity contribution is 8.00. The number of ether oxygens (including phenoxy) is 2. The molecule has 70 heavy (non-hydrogen) atoms. The van der Waals surface area contributed by atoms with E-state index in [1.165, 1.54) is 30.8 Å². The summed E-state index contributed by atoms with van der Waals surface area (Å²) >= 11 is 4.10. The van der Waals surface area contributed by atoms with Crippen molar-refractivity contribution < 1.29 is 17.9 Å². The van der Waals surface area contributed by atoms with Crippen LogP contribution in [0.2, 0.25) is 0 Å². The molecule has 0 aromatic rings. The van der Waals surface area contributed by atoms with Gasteiger partial charge in [-0.2, -0.15) is 23.5 Å². The number of hydrogen-bond acceptors (Lipinski definition) is 8. The molecule has 0 saturated heterocycles. The maximum Gasteiger partial charge on any atom is 0.0518 e. The van der Waals surface area contributed by atoms with Crippen LogP contribution in [0.4, 0.5) is 0 Å². The lowest BCUT2D eigenvalue weighted by atomic mass is 10.1. The first-order chi connectivity index (χ1) is 31.8. The molecule has 0 aliphatic rings. The largest absolute Gasteiger partial charge is 0.379 e. The topological polar surface area (TPSA) is 76.7 Å². The minimum atomic E-state index is -0.602. The molecular formula is C60H138N2O4S4. The molecule has 2 N–H and O–H groups in total. The lowest BCUT2D eigenvalue weighted by Gasteiger charge is -2.09. The highest BCUT2D eigenvalue weighted by atomic mass is 32.2. The first-order valence-electron chi connectivity index (χ1n) is 28.5. The van der Waals surface area contributed by atoms with Gasteiger partial charge in [-0.05, 0) is 136 Å². The monoisotopic (exact) mass is 1080 g/mol. The maximum atomic E-state index is 11.2. The van der Waals surface area contributed by atoms with Crippen LogP contribution in [0.25, 0.3) is 0 Å². The van der Waals surface area contributed by atoms with Crippen molar-refractivity contribution in [3.63, 3.8) is 0 Å². The van der Waals surface area contributed by atoms with Gasteiger partial charge < -0.3 is 20.1 Å². The average Bonchev–Trinajstić information content (AvgIpc) is 3.18. The second-order valence-corrected chi connectivity index (χ2v) is 31.8. The summed E-state index contributed by atoms with van der Waals surface area (Å²) in [6.07, 6.45) is 5.70. The molecule has 0 saturated carbocycles. The number of rotatable bonds is 28. The van der Waals surface area contributed by atoms with Gasteiger partial charge in [-0.1, -0.05) is 194 Å². The van der Waals surface area contributed by atoms with Crippen LogP contribution in [0.15, 0.2) is 0 Å². The van der Waals surface area contributed by atoms with Crippen LogP contribution in [0, 0.1) is 47.3 Å². The summed E-state index contributed by atoms with van der Waals surface area (Å²) in [6, 6.07) is 1.28. The molecule has 0 heterocycles. The molecule has 0 aliphatic carbocycles. The van der Waals surface area contributed by atoms with Gasteiger partial charge in [0, 0.05) is 68.9 Å². The van der Waals surface area contributed by atoms with Crippen LogP contribution in [-0.4, -0.2) is 103 Å². The van der Waals surface area contributed by atoms with E-state index in [1.807, 2.05) is 39.5 Å². The van der Waals surface area contributed by atoms with Crippen LogP contribution < -0.4 is 10.6 Å². The normalized spacial score (nSPS) is 12.2. The van der Waals surface area contributed by atoms with Crippen LogP contribution in [-0.2, 0) is 31.1 Å². The highest BCUT2D eigenvalue weighted by Gasteiger charge is 2.07. The molecule has 0 rings (SSSR count). The van der Waals surface area contributed by atoms with Gasteiger partial charge >= 0.3 is 0 Å². The smallest absolute Gasteiger partial charge is 0.0518 e. The van der Waals surface area contributed by atoms with Gasteiger partial charge in [-0.15, -0.1) is 0 Å². The highest BCUT2D eigenvalue weighted by Crippen LogP contribution is 2.14. The molecule has 0 amide bonds. The Bertz CT molecular complexity index is 868. The fraction of sp³-hybridized carbons (Fsp3) is 1.00. The third-order valence-electron chi connectivity index (χ3n) is 8.47. The Balaban J connectivity index is -0.000000105. The van der Waals surface area contributed by atoms with Gasteiger partial charge in [0.05, 0.1) is 12.2 Å². The molecule has 10 heteroatoms. The Kier molecular flexibility index (Phi) is 78.0. The summed E-state index contributed by atoms with van der Waals surface area (Å²) in [4.78, 5) is 0. The molecule has 2 atom stereocenters. The van der Waals surface area contributed by atoms with Gasteiger partial charge in [-0.25, -0.2) is 0 Å². The van der Waals surface area contributed by atoms with Crippen molar-refractivity contribution in [2.45, 2.75) is 293 Å². The lowest BCUT2D eigenvalue weighted by Crippen LogP contribution is -2.26. The maximum absolute atomic E-state index is 11.2. The molecule has 0 radical (unpaired) electrons. The summed E-state index contributed by atoms with van der Waals surface area (Å²) in [5, 5.41) is 8.99. The Morgan fingerprint density at radius 2 is 0.814 bits per heavy atom. The van der Waals surface area contributed by atoms with Crippen LogP contribution >= 0.6 is 23.5 Å². The first-order valence-corrected chi connectivity index (χ1v) is 33.4. The second kappa shape index (κ2) is 62.4. The summed E-state index contributed by atoms with van der Waals surface area (Å²) in [5.74, 6) is 10.4. The van der Waals surface area contributed by atoms with Crippen molar-refractivity contribution in [1.29, 1.82) is 0 Å². The molecule has 436 valence electrons. The zero-order valence-corrected chi connectivity index (χ0v) is 57.3. The fourth-order valence-corrected chi connectivity index (χ4v) is 8.16. The Morgan fingerprint density at radius 3 is 1.04 bits per heavy atom. The van der Waals surface area contributed by atoms with E-state index in [1.54, 1.807) is 0 Å². The van der Waals surface area contributed by atoms with E-state index in [0.717, 1.165) is 84.3 Å². The van der Waals surface area contributed by atoms with Crippen molar-refractivity contribution in [2.24, 2.45) is 47.3 Å². The molecule has 0 aliphatic heterocycles. The van der Waals surface area contributed by atoms with E-state index >= 15 is 0 Å². The SMILES string of the molecule is CC(C)CCNC(C)C.CC(C)CCOC(C)C.CC(C)CCS(=O)C(C)C.CC(C)CCSC(C)C.CC(C)CNC(C)C.CC(C)COC(C)C.CC(C)CS(=O)C(C)C.CC(C)CSC(C)C. The quantitative estimate of drug-likeness (QED) is 0.0803. The predicted molar refractivity (Wildman–Crippen MR) is 337 cm³/mol. The van der Waals surface area contributed by atoms with E-state index in [-0.39, 0.29) is 0 Å². The zero-order valence-electron chi connectivity index (χ0n) is 54.0. The van der Waals surface area contributed by atoms with Crippen molar-refractivity contribution in [3.05, 3.63) is 0 Å². The molecule has 0 aromatic carbocycles. The van der Waals surface area contributed by atoms with Crippen LogP contribution in [0.1, 0.15) is 247 Å². The summed E-state index contributed by atoms with van der Waals surface area (Å²) < 4.78 is 32.9. The molecule has 0 aromatic heterocycles. The Labute approximate surface area is 460 Å². The molecule has 0 bridgehead atoms. The third-order valence-corrected chi connectivity index (χ3v) is 14.9. The van der Waals surface area contributed by atoms with Crippen molar-refractivity contribution in [2.75, 3.05) is 49.3 Å². The van der Waals surface area contributed by atoms with Crippen LogP contribution in [0.3, 0.4) is 0 Å². The van der Waals surface area contributed by atoms with Crippen LogP contribution in [0.5, 0.6) is 0 Å². The number of nitrogens with one attached hydrogen (secondary N) is 2. The Morgan fingerprint density at radius 1 is 0.400 bits per heavy atom. The van der Waals surface area contributed by atoms with Crippen molar-refractivity contribution >= 4 is 45.1 Å². The average molecular weight is 1080 g/mol. The molecular weight excluding hydrogens is 941 g/mol. The summed E-state index contributed by atoms with van der Waals surface area (Å²) in [5.41, 5.74) is 0. The van der Waals surface area contributed by atoms with Crippen molar-refractivity contribution in [3.8, 4) is 0 Å². The number of thioether (sulfide) groups is 2. The molecule has 0 fully saturated rings. The number of hydrogen-bond donors (Lipinski definition) is 2. The molecule has 0 spiro atoms. The van der Waals surface area contributed by atoms with Gasteiger partial charge in [0.25, 0.3) is 0 Å². The first kappa shape index (κ1) is 87.5. The van der Waals surface area contributed by atoms with E-state index in [9.17, 15) is 8.42 Å². The summed E-state index contributed by atoms with van der Waals surface area (Å²) in [6.45, 7) is 73.3. The summed E-state index contributed by atoms with van der Waals surface area (Å²) in [7, 11) is -1.19. The van der Waals surface area contributed by atoms with E-state index in [4.69, 9.17) is 9.47 Å². The van der Waals surface area contributed by atoms with E-state index in [2.05, 4.69) is 216 Å². The van der Waals surface area contributed by atoms with Crippen molar-refractivity contribution in [1.82, 2.24) is 10.6 Å². The second-order valence-electron chi connectivity index (χ2n) is 24.3. The van der Waals surface area contributed by atoms with E-state index in [0.29, 0.717) is 52.5 Å². The van der Waals surface area contributed by atoms with Gasteiger partial charge in [0.15, 0.2) is 0 Å².